The van der Waals surface area contributed by atoms with Gasteiger partial charge in [0, 0.05) is 11.9 Å². The van der Waals surface area contributed by atoms with Gasteiger partial charge in [-0.15, -0.1) is 0 Å². The van der Waals surface area contributed by atoms with Gasteiger partial charge >= 0.3 is 5.97 Å². The predicted molar refractivity (Wildman–Crippen MR) is 50.4 cm³/mol. The molecule has 1 rings (SSSR count). The van der Waals surface area contributed by atoms with E-state index in [9.17, 15) is 14.4 Å². The van der Waals surface area contributed by atoms with Crippen LogP contribution < -0.4 is 4.72 Å². The average Bonchev–Trinajstić information content (AvgIpc) is 2.29. The molecule has 0 unspecified atom stereocenters. The Morgan fingerprint density at radius 3 is 2.36 bits per heavy atom. The van der Waals surface area contributed by atoms with Crippen molar-refractivity contribution >= 4 is 28.8 Å². The quantitative estimate of drug-likeness (QED) is 0.289. The molecule has 0 amide bonds. The third-order valence-electron chi connectivity index (χ3n) is 1.38. The maximum absolute atomic E-state index is 11.3. The van der Waals surface area contributed by atoms with Gasteiger partial charge in [0.05, 0.1) is 0 Å². The molecule has 1 aliphatic heterocycles. The summed E-state index contributed by atoms with van der Waals surface area (Å²) >= 11 is 0.628. The number of carbonyl (C=O) groups excluding carboxylic acids is 3. The first kappa shape index (κ1) is 11.2. The number of ketones is 1. The molecule has 1 atom stereocenters. The Bertz CT molecular complexity index is 294. The fourth-order valence-electron chi connectivity index (χ4n) is 0.850. The van der Waals surface area contributed by atoms with Gasteiger partial charge in [0.2, 0.25) is 5.78 Å². The molecule has 6 heteroatoms. The largest absolute Gasteiger partial charge is 0.458 e. The second kappa shape index (κ2) is 3.70. The fraction of sp³-hybridized carbons (Fsp3) is 0.625. The first-order valence-corrected chi connectivity index (χ1v) is 4.86. The highest BCUT2D eigenvalue weighted by Gasteiger charge is 2.40. The van der Waals surface area contributed by atoms with Crippen molar-refractivity contribution in [2.45, 2.75) is 32.4 Å². The number of carbonyl (C=O) groups is 3. The van der Waals surface area contributed by atoms with Crippen LogP contribution in [-0.4, -0.2) is 28.5 Å². The highest BCUT2D eigenvalue weighted by molar-refractivity contribution is 8.14. The van der Waals surface area contributed by atoms with Crippen LogP contribution in [0.25, 0.3) is 0 Å². The minimum absolute atomic E-state index is 0.628. The molecule has 0 bridgehead atoms. The second-order valence-electron chi connectivity index (χ2n) is 3.84. The van der Waals surface area contributed by atoms with Crippen LogP contribution in [0.15, 0.2) is 0 Å². The maximum Gasteiger partial charge on any atom is 0.332 e. The molecule has 1 fully saturated rings. The Kier molecular flexibility index (Phi) is 2.96. The average molecular weight is 217 g/mol. The molecule has 0 aromatic carbocycles. The molecule has 78 valence electrons. The number of rotatable bonds is 1. The van der Waals surface area contributed by atoms with E-state index in [1.54, 1.807) is 20.8 Å². The molecule has 0 aromatic heterocycles. The van der Waals surface area contributed by atoms with E-state index in [0.717, 1.165) is 0 Å². The van der Waals surface area contributed by atoms with E-state index in [4.69, 9.17) is 4.74 Å². The maximum atomic E-state index is 11.3. The Labute approximate surface area is 85.7 Å². The van der Waals surface area contributed by atoms with Crippen molar-refractivity contribution in [3.8, 4) is 0 Å². The summed E-state index contributed by atoms with van der Waals surface area (Å²) in [6.45, 7) is 5.08. The number of nitrogens with one attached hydrogen (secondary N) is 1. The Morgan fingerprint density at radius 1 is 1.43 bits per heavy atom. The molecule has 1 heterocycles. The van der Waals surface area contributed by atoms with E-state index in [2.05, 4.69) is 4.72 Å². The first-order valence-electron chi connectivity index (χ1n) is 4.04. The molecule has 0 aromatic rings. The van der Waals surface area contributed by atoms with Crippen LogP contribution in [0, 0.1) is 0 Å². The normalized spacial score (nSPS) is 22.6. The number of esters is 1. The second-order valence-corrected chi connectivity index (χ2v) is 4.65. The van der Waals surface area contributed by atoms with E-state index in [0.29, 0.717) is 11.9 Å². The van der Waals surface area contributed by atoms with Crippen LogP contribution in [0.2, 0.25) is 0 Å². The van der Waals surface area contributed by atoms with Crippen molar-refractivity contribution in [3.05, 3.63) is 0 Å². The molecule has 0 saturated carbocycles. The molecular formula is C8H11NO4S. The van der Waals surface area contributed by atoms with Crippen molar-refractivity contribution in [2.24, 2.45) is 0 Å². The SMILES string of the molecule is CC(C)(C)OC(=O)[C@@H]1NSC(=O)C1=O. The number of Topliss-reactive ketones (excluding diaryl/α,β-unsaturated/α-hetero) is 1. The molecule has 5 nitrogen and oxygen atoms in total. The highest BCUT2D eigenvalue weighted by atomic mass is 32.2. The van der Waals surface area contributed by atoms with Crippen molar-refractivity contribution in [3.63, 3.8) is 0 Å². The minimum Gasteiger partial charge on any atom is -0.458 e. The Hall–Kier alpha value is -0.880. The van der Waals surface area contributed by atoms with Gasteiger partial charge in [0.15, 0.2) is 6.04 Å². The summed E-state index contributed by atoms with van der Waals surface area (Å²) in [5, 5.41) is -0.652. The predicted octanol–water partition coefficient (Wildman–Crippen LogP) is 0.0438. The highest BCUT2D eigenvalue weighted by Crippen LogP contribution is 2.16. The van der Waals surface area contributed by atoms with Gasteiger partial charge in [-0.1, -0.05) is 0 Å². The number of hydrogen-bond donors (Lipinski definition) is 1. The molecule has 1 saturated heterocycles. The lowest BCUT2D eigenvalue weighted by atomic mass is 10.1. The zero-order valence-electron chi connectivity index (χ0n) is 8.12. The number of hydrogen-bond acceptors (Lipinski definition) is 6. The van der Waals surface area contributed by atoms with Crippen molar-refractivity contribution in [1.29, 1.82) is 0 Å². The molecule has 0 radical (unpaired) electrons. The van der Waals surface area contributed by atoms with Crippen LogP contribution >= 0.6 is 11.9 Å². The Morgan fingerprint density at radius 2 is 2.00 bits per heavy atom. The minimum atomic E-state index is -1.15. The van der Waals surface area contributed by atoms with Gasteiger partial charge in [-0.25, -0.2) is 9.52 Å². The summed E-state index contributed by atoms with van der Waals surface area (Å²) in [4.78, 5) is 33.2. The topological polar surface area (TPSA) is 72.5 Å². The summed E-state index contributed by atoms with van der Waals surface area (Å²) in [5.74, 6) is -1.45. The third-order valence-corrected chi connectivity index (χ3v) is 2.12. The molecule has 0 spiro atoms. The van der Waals surface area contributed by atoms with Crippen LogP contribution in [0.1, 0.15) is 20.8 Å². The van der Waals surface area contributed by atoms with E-state index in [1.165, 1.54) is 0 Å². The van der Waals surface area contributed by atoms with E-state index >= 15 is 0 Å². The van der Waals surface area contributed by atoms with Gasteiger partial charge in [-0.05, 0) is 20.8 Å². The molecule has 14 heavy (non-hydrogen) atoms. The molecular weight excluding hydrogens is 206 g/mol. The van der Waals surface area contributed by atoms with Gasteiger partial charge in [0.1, 0.15) is 5.60 Å². The molecule has 0 aliphatic carbocycles. The summed E-state index contributed by atoms with van der Waals surface area (Å²) < 4.78 is 7.37. The lowest BCUT2D eigenvalue weighted by molar-refractivity contribution is -0.158. The first-order chi connectivity index (χ1) is 6.31. The van der Waals surface area contributed by atoms with E-state index < -0.39 is 28.5 Å². The van der Waals surface area contributed by atoms with Crippen LogP contribution in [-0.2, 0) is 19.1 Å². The smallest absolute Gasteiger partial charge is 0.332 e. The zero-order chi connectivity index (χ0) is 10.9. The van der Waals surface area contributed by atoms with Crippen molar-refractivity contribution in [1.82, 2.24) is 4.72 Å². The van der Waals surface area contributed by atoms with Crippen molar-refractivity contribution in [2.75, 3.05) is 0 Å². The van der Waals surface area contributed by atoms with Gasteiger partial charge < -0.3 is 4.74 Å². The lowest BCUT2D eigenvalue weighted by Crippen LogP contribution is -2.40. The molecule has 1 aliphatic rings. The van der Waals surface area contributed by atoms with Gasteiger partial charge in [0.25, 0.3) is 5.12 Å². The van der Waals surface area contributed by atoms with Crippen LogP contribution in [0.3, 0.4) is 0 Å². The monoisotopic (exact) mass is 217 g/mol. The van der Waals surface area contributed by atoms with Crippen molar-refractivity contribution < 1.29 is 19.1 Å². The zero-order valence-corrected chi connectivity index (χ0v) is 8.94. The van der Waals surface area contributed by atoms with Crippen LogP contribution in [0.5, 0.6) is 0 Å². The van der Waals surface area contributed by atoms with Gasteiger partial charge in [-0.3, -0.25) is 9.59 Å². The van der Waals surface area contributed by atoms with E-state index in [-0.39, 0.29) is 0 Å². The Balaban J connectivity index is 2.63. The number of ether oxygens (including phenoxy) is 1. The molecule has 1 N–H and O–H groups in total. The lowest BCUT2D eigenvalue weighted by Gasteiger charge is -2.20. The third kappa shape index (κ3) is 2.55. The summed E-state index contributed by atoms with van der Waals surface area (Å²) in [7, 11) is 0. The van der Waals surface area contributed by atoms with E-state index in [1.807, 2.05) is 0 Å². The summed E-state index contributed by atoms with van der Waals surface area (Å²) in [6, 6.07) is -1.15. The summed E-state index contributed by atoms with van der Waals surface area (Å²) in [6.07, 6.45) is 0. The fourth-order valence-corrected chi connectivity index (χ4v) is 1.50. The van der Waals surface area contributed by atoms with Crippen LogP contribution in [0.4, 0.5) is 0 Å². The summed E-state index contributed by atoms with van der Waals surface area (Å²) in [5.41, 5.74) is -0.657. The van der Waals surface area contributed by atoms with Gasteiger partial charge in [-0.2, -0.15) is 0 Å². The standard InChI is InChI=1S/C8H11NO4S/c1-8(2,3)13-6(11)4-5(10)7(12)14-9-4/h4,9H,1-3H3/t4-/m1/s1.